The summed E-state index contributed by atoms with van der Waals surface area (Å²) in [6, 6.07) is 17.9. The van der Waals surface area contributed by atoms with Crippen LogP contribution in [0.3, 0.4) is 0 Å². The summed E-state index contributed by atoms with van der Waals surface area (Å²) < 4.78 is 6.96. The Morgan fingerprint density at radius 1 is 1.05 bits per heavy atom. The molecular formula is C17H16ClNOS. The minimum Gasteiger partial charge on any atom is -0.483 e. The Balaban J connectivity index is 1.99. The minimum atomic E-state index is -0.201. The van der Waals surface area contributed by atoms with Crippen molar-refractivity contribution < 1.29 is 4.74 Å². The average molecular weight is 318 g/mol. The van der Waals surface area contributed by atoms with Gasteiger partial charge in [0.2, 0.25) is 0 Å². The van der Waals surface area contributed by atoms with E-state index in [0.717, 1.165) is 25.7 Å². The van der Waals surface area contributed by atoms with Gasteiger partial charge < -0.3 is 10.5 Å². The van der Waals surface area contributed by atoms with Crippen LogP contribution in [0.25, 0.3) is 10.8 Å². The maximum absolute atomic E-state index is 6.22. The van der Waals surface area contributed by atoms with E-state index in [-0.39, 0.29) is 12.1 Å². The van der Waals surface area contributed by atoms with Gasteiger partial charge in [0.15, 0.2) is 0 Å². The van der Waals surface area contributed by atoms with Gasteiger partial charge in [-0.15, -0.1) is 11.3 Å². The van der Waals surface area contributed by atoms with Gasteiger partial charge in [-0.3, -0.25) is 0 Å². The molecule has 108 valence electrons. The normalized spacial score (nSPS) is 14.0. The molecule has 2 N–H and O–H groups in total. The van der Waals surface area contributed by atoms with Crippen molar-refractivity contribution in [3.8, 4) is 5.75 Å². The maximum Gasteiger partial charge on any atom is 0.148 e. The summed E-state index contributed by atoms with van der Waals surface area (Å²) in [7, 11) is 0. The first-order valence-corrected chi connectivity index (χ1v) is 8.00. The third-order valence-corrected chi connectivity index (χ3v) is 4.65. The fraction of sp³-hybridized carbons (Fsp3) is 0.176. The first-order chi connectivity index (χ1) is 10.1. The Morgan fingerprint density at radius 2 is 1.81 bits per heavy atom. The zero-order chi connectivity index (χ0) is 14.8. The predicted molar refractivity (Wildman–Crippen MR) is 90.3 cm³/mol. The van der Waals surface area contributed by atoms with Crippen LogP contribution in [0.1, 0.15) is 17.9 Å². The highest BCUT2D eigenvalue weighted by Gasteiger charge is 2.21. The van der Waals surface area contributed by atoms with Crippen LogP contribution in [0.15, 0.2) is 54.6 Å². The lowest BCUT2D eigenvalue weighted by Gasteiger charge is -2.22. The number of hydrogen-bond donors (Lipinski definition) is 1. The van der Waals surface area contributed by atoms with Gasteiger partial charge >= 0.3 is 0 Å². The Morgan fingerprint density at radius 3 is 2.52 bits per heavy atom. The molecule has 0 saturated heterocycles. The van der Waals surface area contributed by atoms with Crippen LogP contribution in [0.4, 0.5) is 0 Å². The van der Waals surface area contributed by atoms with Crippen LogP contribution < -0.4 is 10.5 Å². The molecule has 0 amide bonds. The zero-order valence-electron chi connectivity index (χ0n) is 11.6. The first kappa shape index (κ1) is 14.4. The van der Waals surface area contributed by atoms with Gasteiger partial charge in [0.25, 0.3) is 0 Å². The van der Waals surface area contributed by atoms with Crippen LogP contribution in [-0.4, -0.2) is 6.04 Å². The molecule has 2 unspecified atom stereocenters. The molecule has 2 aromatic carbocycles. The van der Waals surface area contributed by atoms with Gasteiger partial charge in [0.05, 0.1) is 4.34 Å². The van der Waals surface area contributed by atoms with E-state index in [9.17, 15) is 0 Å². The molecule has 1 aromatic heterocycles. The van der Waals surface area contributed by atoms with Gasteiger partial charge in [-0.1, -0.05) is 48.0 Å². The lowest BCUT2D eigenvalue weighted by molar-refractivity contribution is 0.186. The van der Waals surface area contributed by atoms with E-state index in [1.807, 2.05) is 43.3 Å². The van der Waals surface area contributed by atoms with Gasteiger partial charge in [-0.2, -0.15) is 0 Å². The second-order valence-electron chi connectivity index (χ2n) is 5.02. The Hall–Kier alpha value is -1.55. The smallest absolute Gasteiger partial charge is 0.148 e. The topological polar surface area (TPSA) is 35.2 Å². The third kappa shape index (κ3) is 3.05. The van der Waals surface area contributed by atoms with Gasteiger partial charge in [0, 0.05) is 16.3 Å². The van der Waals surface area contributed by atoms with Crippen molar-refractivity contribution in [3.63, 3.8) is 0 Å². The summed E-state index contributed by atoms with van der Waals surface area (Å²) in [5.74, 6) is 0.847. The van der Waals surface area contributed by atoms with Crippen LogP contribution in [-0.2, 0) is 0 Å². The summed E-state index contributed by atoms with van der Waals surface area (Å²) in [6.07, 6.45) is -0.201. The highest BCUT2D eigenvalue weighted by Crippen LogP contribution is 2.34. The van der Waals surface area contributed by atoms with Gasteiger partial charge in [0.1, 0.15) is 11.9 Å². The SMILES string of the molecule is CC(N)C(Oc1cccc2ccccc12)c1ccc(Cl)s1. The molecule has 2 nitrogen and oxygen atoms in total. The van der Waals surface area contributed by atoms with E-state index < -0.39 is 0 Å². The number of nitrogens with two attached hydrogens (primary N) is 1. The standard InChI is InChI=1S/C17H16ClNOS/c1-11(19)17(15-9-10-16(18)21-15)20-14-8-4-6-12-5-2-3-7-13(12)14/h2-11,17H,19H2,1H3. The fourth-order valence-electron chi connectivity index (χ4n) is 2.34. The molecule has 1 heterocycles. The summed E-state index contributed by atoms with van der Waals surface area (Å²) in [5, 5.41) is 2.25. The molecule has 3 aromatic rings. The highest BCUT2D eigenvalue weighted by atomic mass is 35.5. The lowest BCUT2D eigenvalue weighted by atomic mass is 10.1. The molecule has 21 heavy (non-hydrogen) atoms. The largest absolute Gasteiger partial charge is 0.483 e. The minimum absolute atomic E-state index is 0.126. The molecule has 0 bridgehead atoms. The molecule has 2 atom stereocenters. The molecule has 4 heteroatoms. The van der Waals surface area contributed by atoms with Crippen molar-refractivity contribution in [1.29, 1.82) is 0 Å². The van der Waals surface area contributed by atoms with Gasteiger partial charge in [-0.25, -0.2) is 0 Å². The number of hydrogen-bond acceptors (Lipinski definition) is 3. The lowest BCUT2D eigenvalue weighted by Crippen LogP contribution is -2.28. The molecule has 0 aliphatic rings. The third-order valence-electron chi connectivity index (χ3n) is 3.36. The number of benzene rings is 2. The fourth-order valence-corrected chi connectivity index (χ4v) is 3.55. The number of rotatable bonds is 4. The molecule has 0 fully saturated rings. The number of thiophene rings is 1. The predicted octanol–water partition coefficient (Wildman–Crippen LogP) is 5.02. The van der Waals surface area contributed by atoms with Crippen molar-refractivity contribution >= 4 is 33.7 Å². The van der Waals surface area contributed by atoms with Gasteiger partial charge in [-0.05, 0) is 30.5 Å². The van der Waals surface area contributed by atoms with Crippen LogP contribution in [0.2, 0.25) is 4.34 Å². The summed E-state index contributed by atoms with van der Waals surface area (Å²) >= 11 is 7.54. The van der Waals surface area contributed by atoms with E-state index in [4.69, 9.17) is 22.1 Å². The van der Waals surface area contributed by atoms with Crippen molar-refractivity contribution in [2.24, 2.45) is 5.73 Å². The van der Waals surface area contributed by atoms with E-state index in [1.54, 1.807) is 0 Å². The van der Waals surface area contributed by atoms with Crippen LogP contribution in [0.5, 0.6) is 5.75 Å². The highest BCUT2D eigenvalue weighted by molar-refractivity contribution is 7.16. The van der Waals surface area contributed by atoms with E-state index in [1.165, 1.54) is 11.3 Å². The Bertz CT molecular complexity index is 748. The first-order valence-electron chi connectivity index (χ1n) is 6.80. The summed E-state index contributed by atoms with van der Waals surface area (Å²) in [5.41, 5.74) is 6.11. The number of fused-ring (bicyclic) bond motifs is 1. The number of ether oxygens (including phenoxy) is 1. The van der Waals surface area contributed by atoms with E-state index in [2.05, 4.69) is 18.2 Å². The zero-order valence-corrected chi connectivity index (χ0v) is 13.2. The van der Waals surface area contributed by atoms with Crippen molar-refractivity contribution in [3.05, 3.63) is 63.8 Å². The van der Waals surface area contributed by atoms with Crippen molar-refractivity contribution in [2.75, 3.05) is 0 Å². The molecule has 0 radical (unpaired) electrons. The second-order valence-corrected chi connectivity index (χ2v) is 6.76. The Labute approximate surface area is 133 Å². The summed E-state index contributed by atoms with van der Waals surface area (Å²) in [4.78, 5) is 1.04. The second kappa shape index (κ2) is 6.06. The average Bonchev–Trinajstić information content (AvgIpc) is 2.90. The van der Waals surface area contributed by atoms with E-state index in [0.29, 0.717) is 0 Å². The quantitative estimate of drug-likeness (QED) is 0.733. The van der Waals surface area contributed by atoms with Crippen LogP contribution >= 0.6 is 22.9 Å². The van der Waals surface area contributed by atoms with Crippen molar-refractivity contribution in [2.45, 2.75) is 19.1 Å². The molecule has 0 spiro atoms. The molecule has 3 rings (SSSR count). The maximum atomic E-state index is 6.22. The summed E-state index contributed by atoms with van der Waals surface area (Å²) in [6.45, 7) is 1.95. The number of halogens is 1. The monoisotopic (exact) mass is 317 g/mol. The van der Waals surface area contributed by atoms with Crippen molar-refractivity contribution in [1.82, 2.24) is 0 Å². The molecular weight excluding hydrogens is 302 g/mol. The molecule has 0 aliphatic carbocycles. The van der Waals surface area contributed by atoms with Crippen LogP contribution in [0, 0.1) is 0 Å². The molecule has 0 saturated carbocycles. The Kier molecular flexibility index (Phi) is 4.15. The van der Waals surface area contributed by atoms with E-state index >= 15 is 0 Å². The molecule has 0 aliphatic heterocycles.